The minimum Gasteiger partial charge on any atom is -0.550 e. The summed E-state index contributed by atoms with van der Waals surface area (Å²) in [5.74, 6) is 0. The van der Waals surface area contributed by atoms with E-state index in [9.17, 15) is 14.7 Å². The van der Waals surface area contributed by atoms with E-state index < -0.39 is 12.3 Å². The van der Waals surface area contributed by atoms with E-state index in [4.69, 9.17) is 5.11 Å². The second-order valence-electron chi connectivity index (χ2n) is 1.57. The van der Waals surface area contributed by atoms with Crippen LogP contribution in [-0.4, -0.2) is 30.6 Å². The van der Waals surface area contributed by atoms with Crippen LogP contribution in [0.2, 0.25) is 0 Å². The Morgan fingerprint density at radius 3 is 2.27 bits per heavy atom. The number of hydrogen-bond donors (Lipinski definition) is 1. The molecule has 0 aliphatic rings. The van der Waals surface area contributed by atoms with Crippen LogP contribution in [0.25, 0.3) is 0 Å². The van der Waals surface area contributed by atoms with Crippen molar-refractivity contribution in [3.63, 3.8) is 0 Å². The molecule has 0 spiro atoms. The van der Waals surface area contributed by atoms with Crippen molar-refractivity contribution in [1.29, 1.82) is 0 Å². The van der Waals surface area contributed by atoms with Gasteiger partial charge in [-0.15, -0.1) is 0 Å². The minimum atomic E-state index is -1.62. The molecule has 0 saturated carbocycles. The number of rotatable bonds is 4. The number of carbonyl (C=O) groups excluding carboxylic acids is 1. The Labute approximate surface area is 62.3 Å². The van der Waals surface area contributed by atoms with E-state index in [1.807, 2.05) is 0 Å². The van der Waals surface area contributed by atoms with E-state index in [2.05, 4.69) is 9.47 Å². The molecule has 0 aliphatic heterocycles. The zero-order valence-corrected chi connectivity index (χ0v) is 5.61. The summed E-state index contributed by atoms with van der Waals surface area (Å²) in [5, 5.41) is 17.5. The van der Waals surface area contributed by atoms with Gasteiger partial charge in [-0.25, -0.2) is 4.79 Å². The fourth-order valence-electron chi connectivity index (χ4n) is 0.374. The first kappa shape index (κ1) is 9.54. The first-order chi connectivity index (χ1) is 5.13. The van der Waals surface area contributed by atoms with Crippen LogP contribution >= 0.6 is 0 Å². The Kier molecular flexibility index (Phi) is 4.63. The van der Waals surface area contributed by atoms with Gasteiger partial charge < -0.3 is 24.5 Å². The number of carboxylic acid groups (broad SMARTS) is 2. The van der Waals surface area contributed by atoms with E-state index in [1.54, 1.807) is 0 Å². The Hall–Kier alpha value is -1.46. The van der Waals surface area contributed by atoms with Gasteiger partial charge in [0.25, 0.3) is 6.16 Å². The van der Waals surface area contributed by atoms with Gasteiger partial charge >= 0.3 is 6.16 Å². The fourth-order valence-corrected chi connectivity index (χ4v) is 0.374. The maximum atomic E-state index is 9.70. The molecule has 0 aliphatic carbocycles. The van der Waals surface area contributed by atoms with Gasteiger partial charge in [-0.05, 0) is 6.42 Å². The summed E-state index contributed by atoms with van der Waals surface area (Å²) in [6.07, 6.45) is -2.82. The molecule has 0 aromatic heterocycles. The van der Waals surface area contributed by atoms with Gasteiger partial charge in [-0.3, -0.25) is 0 Å². The maximum Gasteiger partial charge on any atom is 0.505 e. The second kappa shape index (κ2) is 5.33. The summed E-state index contributed by atoms with van der Waals surface area (Å²) in [6.45, 7) is -0.196. The lowest BCUT2D eigenvalue weighted by molar-refractivity contribution is -0.282. The summed E-state index contributed by atoms with van der Waals surface area (Å²) in [6, 6.07) is 0. The summed E-state index contributed by atoms with van der Waals surface area (Å²) in [5.41, 5.74) is 0. The maximum absolute atomic E-state index is 9.70. The average Bonchev–Trinajstić information content (AvgIpc) is 1.85. The topological polar surface area (TPSA) is 95.9 Å². The van der Waals surface area contributed by atoms with E-state index >= 15 is 0 Å². The molecule has 0 bridgehead atoms. The van der Waals surface area contributed by atoms with Gasteiger partial charge in [-0.2, -0.15) is 0 Å². The molecule has 0 aromatic carbocycles. The first-order valence-corrected chi connectivity index (χ1v) is 2.82. The summed E-state index contributed by atoms with van der Waals surface area (Å²) >= 11 is 0. The summed E-state index contributed by atoms with van der Waals surface area (Å²) < 4.78 is 8.00. The van der Waals surface area contributed by atoms with Crippen molar-refractivity contribution in [1.82, 2.24) is 0 Å². The molecule has 0 unspecified atom stereocenters. The smallest absolute Gasteiger partial charge is 0.505 e. The lowest BCUT2D eigenvalue weighted by Crippen LogP contribution is -2.24. The van der Waals surface area contributed by atoms with Crippen LogP contribution in [0.5, 0.6) is 0 Å². The molecule has 6 nitrogen and oxygen atoms in total. The average molecular weight is 163 g/mol. The first-order valence-electron chi connectivity index (χ1n) is 2.82. The van der Waals surface area contributed by atoms with E-state index in [0.29, 0.717) is 0 Å². The highest BCUT2D eigenvalue weighted by molar-refractivity contribution is 5.56. The van der Waals surface area contributed by atoms with Crippen molar-refractivity contribution in [2.45, 2.75) is 6.42 Å². The molecule has 0 aromatic rings. The van der Waals surface area contributed by atoms with E-state index in [1.165, 1.54) is 0 Å². The van der Waals surface area contributed by atoms with Gasteiger partial charge in [0.2, 0.25) is 0 Å². The van der Waals surface area contributed by atoms with Crippen LogP contribution in [0.15, 0.2) is 0 Å². The predicted octanol–water partition coefficient (Wildman–Crippen LogP) is -0.569. The highest BCUT2D eigenvalue weighted by Crippen LogP contribution is 1.84. The third kappa shape index (κ3) is 8.54. The Bertz CT molecular complexity index is 126. The molecule has 0 rings (SSSR count). The Balaban J connectivity index is 3.03. The minimum absolute atomic E-state index is 0.0807. The molecule has 0 heterocycles. The molecule has 0 radical (unpaired) electrons. The molecular formula is C5H7O6-. The third-order valence-corrected chi connectivity index (χ3v) is 0.734. The molecule has 11 heavy (non-hydrogen) atoms. The van der Waals surface area contributed by atoms with Crippen LogP contribution in [0.3, 0.4) is 0 Å². The molecule has 1 N–H and O–H groups in total. The zero-order valence-electron chi connectivity index (χ0n) is 5.61. The quantitative estimate of drug-likeness (QED) is 0.440. The Morgan fingerprint density at radius 2 is 1.82 bits per heavy atom. The lowest BCUT2D eigenvalue weighted by atomic mass is 10.5. The molecule has 0 amide bonds. The molecular weight excluding hydrogens is 156 g/mol. The van der Waals surface area contributed by atoms with Crippen LogP contribution in [0, 0.1) is 0 Å². The van der Waals surface area contributed by atoms with Gasteiger partial charge in [0.15, 0.2) is 0 Å². The van der Waals surface area contributed by atoms with E-state index in [0.717, 1.165) is 0 Å². The van der Waals surface area contributed by atoms with Crippen LogP contribution < -0.4 is 5.11 Å². The van der Waals surface area contributed by atoms with Crippen LogP contribution in [-0.2, 0) is 9.47 Å². The Morgan fingerprint density at radius 1 is 1.27 bits per heavy atom. The normalized spacial score (nSPS) is 8.73. The van der Waals surface area contributed by atoms with Gasteiger partial charge in [-0.1, -0.05) is 0 Å². The third-order valence-electron chi connectivity index (χ3n) is 0.734. The predicted molar refractivity (Wildman–Crippen MR) is 29.9 cm³/mol. The molecule has 6 heteroatoms. The van der Waals surface area contributed by atoms with Gasteiger partial charge in [0, 0.05) is 6.61 Å². The standard InChI is InChI=1S/C5H8O6/c6-4(7)10-2-1-3-11-5(8)9/h1-3H2,(H,6,7)(H,8,9)/p-1. The van der Waals surface area contributed by atoms with Crippen molar-refractivity contribution in [2.75, 3.05) is 13.2 Å². The summed E-state index contributed by atoms with van der Waals surface area (Å²) in [7, 11) is 0. The monoisotopic (exact) mass is 163 g/mol. The lowest BCUT2D eigenvalue weighted by Gasteiger charge is -2.06. The van der Waals surface area contributed by atoms with Gasteiger partial charge in [0.05, 0.1) is 6.61 Å². The fraction of sp³-hybridized carbons (Fsp3) is 0.600. The largest absolute Gasteiger partial charge is 0.550 e. The molecule has 0 atom stereocenters. The molecule has 0 saturated heterocycles. The highest BCUT2D eigenvalue weighted by atomic mass is 16.7. The van der Waals surface area contributed by atoms with Crippen molar-refractivity contribution in [3.05, 3.63) is 0 Å². The van der Waals surface area contributed by atoms with E-state index in [-0.39, 0.29) is 19.6 Å². The number of ether oxygens (including phenoxy) is 2. The van der Waals surface area contributed by atoms with Crippen molar-refractivity contribution in [2.24, 2.45) is 0 Å². The zero-order chi connectivity index (χ0) is 8.69. The van der Waals surface area contributed by atoms with Crippen molar-refractivity contribution in [3.8, 4) is 0 Å². The van der Waals surface area contributed by atoms with Crippen molar-refractivity contribution < 1.29 is 29.3 Å². The number of carbonyl (C=O) groups is 2. The molecule has 64 valence electrons. The van der Waals surface area contributed by atoms with Crippen molar-refractivity contribution >= 4 is 12.3 Å². The molecule has 0 fully saturated rings. The van der Waals surface area contributed by atoms with Crippen LogP contribution in [0.1, 0.15) is 6.42 Å². The second-order valence-corrected chi connectivity index (χ2v) is 1.57. The summed E-state index contributed by atoms with van der Waals surface area (Å²) in [4.78, 5) is 19.3. The van der Waals surface area contributed by atoms with Gasteiger partial charge in [0.1, 0.15) is 0 Å². The number of hydrogen-bond acceptors (Lipinski definition) is 5. The highest BCUT2D eigenvalue weighted by Gasteiger charge is 1.93. The SMILES string of the molecule is O=C([O-])OCCCOC(=O)O. The van der Waals surface area contributed by atoms with Crippen LogP contribution in [0.4, 0.5) is 9.59 Å².